The van der Waals surface area contributed by atoms with Gasteiger partial charge in [0, 0.05) is 0 Å². The highest BCUT2D eigenvalue weighted by Crippen LogP contribution is 2.08. The van der Waals surface area contributed by atoms with E-state index in [1.807, 2.05) is 6.92 Å². The molecule has 0 fully saturated rings. The molecule has 0 saturated heterocycles. The van der Waals surface area contributed by atoms with Gasteiger partial charge in [0.25, 0.3) is 0 Å². The number of hydrogen-bond acceptors (Lipinski definition) is 7. The Bertz CT molecular complexity index is 674. The fraction of sp³-hybridized carbons (Fsp3) is 0.750. The first-order chi connectivity index (χ1) is 14.8. The zero-order valence-corrected chi connectivity index (χ0v) is 20.0. The Labute approximate surface area is 192 Å². The van der Waals surface area contributed by atoms with Gasteiger partial charge in [-0.15, -0.1) is 0 Å². The van der Waals surface area contributed by atoms with Crippen LogP contribution in [0.25, 0.3) is 0 Å². The van der Waals surface area contributed by atoms with Crippen LogP contribution in [0.15, 0.2) is 0 Å². The molecule has 12 heteroatoms. The Kier molecular flexibility index (Phi) is 13.6. The van der Waals surface area contributed by atoms with Gasteiger partial charge >= 0.3 is 11.9 Å². The van der Waals surface area contributed by atoms with Gasteiger partial charge in [-0.05, 0) is 30.3 Å². The van der Waals surface area contributed by atoms with Crippen LogP contribution in [0.1, 0.15) is 47.0 Å². The second-order valence-corrected chi connectivity index (χ2v) is 8.97. The largest absolute Gasteiger partial charge is 0.481 e. The van der Waals surface area contributed by atoms with Crippen molar-refractivity contribution in [2.24, 2.45) is 17.6 Å². The number of hydrogen-bond donors (Lipinski definition) is 6. The van der Waals surface area contributed by atoms with Gasteiger partial charge in [0.2, 0.25) is 17.7 Å². The van der Waals surface area contributed by atoms with Gasteiger partial charge in [-0.25, -0.2) is 4.79 Å². The number of aliphatic carboxylic acids is 2. The van der Waals surface area contributed by atoms with Crippen LogP contribution >= 0.6 is 11.8 Å². The van der Waals surface area contributed by atoms with E-state index in [4.69, 9.17) is 10.8 Å². The molecule has 0 spiro atoms. The number of nitrogens with two attached hydrogens (primary N) is 1. The highest BCUT2D eigenvalue weighted by Gasteiger charge is 2.32. The van der Waals surface area contributed by atoms with Gasteiger partial charge in [0.05, 0.1) is 12.5 Å². The van der Waals surface area contributed by atoms with E-state index in [-0.39, 0.29) is 12.3 Å². The lowest BCUT2D eigenvalue weighted by Gasteiger charge is -2.26. The molecule has 0 unspecified atom stereocenters. The van der Waals surface area contributed by atoms with E-state index < -0.39 is 66.2 Å². The average Bonchev–Trinajstić information content (AvgIpc) is 2.71. The van der Waals surface area contributed by atoms with Crippen molar-refractivity contribution in [3.63, 3.8) is 0 Å². The average molecular weight is 477 g/mol. The third-order valence-electron chi connectivity index (χ3n) is 5.05. The van der Waals surface area contributed by atoms with Gasteiger partial charge in [-0.1, -0.05) is 34.1 Å². The zero-order chi connectivity index (χ0) is 25.0. The summed E-state index contributed by atoms with van der Waals surface area (Å²) in [6, 6.07) is -4.63. The molecule has 0 aliphatic rings. The fourth-order valence-corrected chi connectivity index (χ4v) is 3.18. The molecule has 0 aliphatic heterocycles. The van der Waals surface area contributed by atoms with Crippen molar-refractivity contribution in [1.82, 2.24) is 16.0 Å². The predicted octanol–water partition coefficient (Wildman–Crippen LogP) is -0.217. The van der Waals surface area contributed by atoms with E-state index in [0.717, 1.165) is 0 Å². The zero-order valence-electron chi connectivity index (χ0n) is 19.2. The highest BCUT2D eigenvalue weighted by molar-refractivity contribution is 7.98. The van der Waals surface area contributed by atoms with Crippen molar-refractivity contribution in [1.29, 1.82) is 0 Å². The number of carbonyl (C=O) groups excluding carboxylic acids is 3. The van der Waals surface area contributed by atoms with Gasteiger partial charge in [0.1, 0.15) is 18.1 Å². The summed E-state index contributed by atoms with van der Waals surface area (Å²) in [6.07, 6.45) is 1.89. The second-order valence-electron chi connectivity index (χ2n) is 7.98. The van der Waals surface area contributed by atoms with Crippen molar-refractivity contribution < 1.29 is 34.2 Å². The molecule has 0 radical (unpaired) electrons. The van der Waals surface area contributed by atoms with Crippen LogP contribution in [0.2, 0.25) is 0 Å². The summed E-state index contributed by atoms with van der Waals surface area (Å²) in [4.78, 5) is 60.5. The number of amides is 3. The van der Waals surface area contributed by atoms with Crippen molar-refractivity contribution >= 4 is 41.4 Å². The molecule has 0 bridgehead atoms. The topological polar surface area (TPSA) is 188 Å². The van der Waals surface area contributed by atoms with E-state index in [9.17, 15) is 29.1 Å². The fourth-order valence-electron chi connectivity index (χ4n) is 2.71. The van der Waals surface area contributed by atoms with Crippen LogP contribution in [0.3, 0.4) is 0 Å². The molecule has 0 aromatic carbocycles. The van der Waals surface area contributed by atoms with E-state index in [0.29, 0.717) is 12.2 Å². The van der Waals surface area contributed by atoms with Gasteiger partial charge < -0.3 is 31.9 Å². The minimum absolute atomic E-state index is 0.184. The molecule has 5 atom stereocenters. The molecule has 7 N–H and O–H groups in total. The monoisotopic (exact) mass is 476 g/mol. The molecule has 0 aromatic heterocycles. The second kappa shape index (κ2) is 14.7. The number of carbonyl (C=O) groups is 5. The molecule has 3 amide bonds. The quantitative estimate of drug-likeness (QED) is 0.186. The minimum Gasteiger partial charge on any atom is -0.481 e. The van der Waals surface area contributed by atoms with Gasteiger partial charge in [0.15, 0.2) is 0 Å². The number of carboxylic acid groups (broad SMARTS) is 2. The standard InChI is InChI=1S/C20H36N4O7S/c1-6-11(4)15(21)19(29)23-13(9-14(25)26)18(28)22-12(7-8-32-5)17(27)24-16(10(2)3)20(30)31/h10-13,15-16H,6-9,21H2,1-5H3,(H,22,28)(H,23,29)(H,24,27)(H,25,26)(H,30,31)/t11-,12-,13-,15-,16-/m0/s1. The summed E-state index contributed by atoms with van der Waals surface area (Å²) in [5.41, 5.74) is 5.86. The van der Waals surface area contributed by atoms with Crippen LogP contribution < -0.4 is 21.7 Å². The Morgan fingerprint density at radius 3 is 1.88 bits per heavy atom. The van der Waals surface area contributed by atoms with Crippen LogP contribution in [-0.2, 0) is 24.0 Å². The minimum atomic E-state index is -1.44. The molecule has 0 aliphatic carbocycles. The maximum absolute atomic E-state index is 12.8. The van der Waals surface area contributed by atoms with Crippen LogP contribution in [-0.4, -0.2) is 76.0 Å². The molecule has 11 nitrogen and oxygen atoms in total. The number of thioether (sulfide) groups is 1. The summed E-state index contributed by atoms with van der Waals surface area (Å²) >= 11 is 1.42. The summed E-state index contributed by atoms with van der Waals surface area (Å²) in [5.74, 6) is -4.87. The van der Waals surface area contributed by atoms with Crippen molar-refractivity contribution in [3.05, 3.63) is 0 Å². The highest BCUT2D eigenvalue weighted by atomic mass is 32.2. The van der Waals surface area contributed by atoms with Crippen molar-refractivity contribution in [2.75, 3.05) is 12.0 Å². The Morgan fingerprint density at radius 1 is 0.906 bits per heavy atom. The molecule has 0 rings (SSSR count). The summed E-state index contributed by atoms with van der Waals surface area (Å²) < 4.78 is 0. The summed E-state index contributed by atoms with van der Waals surface area (Å²) in [5, 5.41) is 25.7. The lowest BCUT2D eigenvalue weighted by Crippen LogP contribution is -2.58. The first-order valence-corrected chi connectivity index (χ1v) is 11.8. The first-order valence-electron chi connectivity index (χ1n) is 10.5. The molecule has 0 aromatic rings. The van der Waals surface area contributed by atoms with E-state index >= 15 is 0 Å². The van der Waals surface area contributed by atoms with Gasteiger partial charge in [-0.2, -0.15) is 11.8 Å². The molecule has 184 valence electrons. The SMILES string of the molecule is CC[C@H](C)[C@H](N)C(=O)N[C@@H](CC(=O)O)C(=O)N[C@@H](CCSC)C(=O)N[C@H](C(=O)O)C(C)C. The lowest BCUT2D eigenvalue weighted by molar-refractivity contribution is -0.144. The molecule has 0 saturated carbocycles. The van der Waals surface area contributed by atoms with Crippen LogP contribution in [0.4, 0.5) is 0 Å². The maximum Gasteiger partial charge on any atom is 0.326 e. The third-order valence-corrected chi connectivity index (χ3v) is 5.69. The number of carboxylic acids is 2. The number of rotatable bonds is 15. The van der Waals surface area contributed by atoms with E-state index in [1.54, 1.807) is 27.0 Å². The molecule has 0 heterocycles. The number of nitrogens with one attached hydrogen (secondary N) is 3. The normalized spacial score (nSPS) is 15.7. The van der Waals surface area contributed by atoms with E-state index in [2.05, 4.69) is 16.0 Å². The summed E-state index contributed by atoms with van der Waals surface area (Å²) in [6.45, 7) is 6.86. The first kappa shape index (κ1) is 29.7. The molecular weight excluding hydrogens is 440 g/mol. The van der Waals surface area contributed by atoms with Crippen LogP contribution in [0, 0.1) is 11.8 Å². The Hall–Kier alpha value is -2.34. The van der Waals surface area contributed by atoms with Gasteiger partial charge in [-0.3, -0.25) is 19.2 Å². The maximum atomic E-state index is 12.8. The van der Waals surface area contributed by atoms with Crippen LogP contribution in [0.5, 0.6) is 0 Å². The Balaban J connectivity index is 5.51. The molecule has 32 heavy (non-hydrogen) atoms. The van der Waals surface area contributed by atoms with Crippen molar-refractivity contribution in [3.8, 4) is 0 Å². The molecular formula is C20H36N4O7S. The van der Waals surface area contributed by atoms with Crippen molar-refractivity contribution in [2.45, 2.75) is 71.1 Å². The van der Waals surface area contributed by atoms with E-state index in [1.165, 1.54) is 11.8 Å². The Morgan fingerprint density at radius 2 is 1.44 bits per heavy atom. The predicted molar refractivity (Wildman–Crippen MR) is 121 cm³/mol. The summed E-state index contributed by atoms with van der Waals surface area (Å²) in [7, 11) is 0. The third kappa shape index (κ3) is 10.3. The lowest BCUT2D eigenvalue weighted by atomic mass is 9.99. The smallest absolute Gasteiger partial charge is 0.326 e.